The molecule has 3 rings (SSSR count). The first kappa shape index (κ1) is 12.1. The monoisotopic (exact) mass is 317 g/mol. The van der Waals surface area contributed by atoms with Gasteiger partial charge in [-0.25, -0.2) is 4.98 Å². The summed E-state index contributed by atoms with van der Waals surface area (Å²) in [4.78, 5) is 4.44. The van der Waals surface area contributed by atoms with Crippen LogP contribution in [0.4, 0.5) is 5.69 Å². The second-order valence-corrected chi connectivity index (χ2v) is 5.31. The van der Waals surface area contributed by atoms with E-state index in [1.54, 1.807) is 0 Å². The lowest BCUT2D eigenvalue weighted by molar-refractivity contribution is 0.962. The fourth-order valence-corrected chi connectivity index (χ4v) is 2.49. The lowest BCUT2D eigenvalue weighted by Crippen LogP contribution is -2.01. The summed E-state index contributed by atoms with van der Waals surface area (Å²) >= 11 is 3.45. The highest BCUT2D eigenvalue weighted by Crippen LogP contribution is 2.28. The fraction of sp³-hybridized carbons (Fsp3) is 0.154. The minimum absolute atomic E-state index is 0.664. The molecular formula is C13H12BrN5. The van der Waals surface area contributed by atoms with Crippen LogP contribution in [0.2, 0.25) is 0 Å². The number of hydrogen-bond donors (Lipinski definition) is 1. The Balaban J connectivity index is 2.34. The quantitative estimate of drug-likeness (QED) is 0.701. The molecule has 0 amide bonds. The van der Waals surface area contributed by atoms with Crippen molar-refractivity contribution >= 4 is 27.3 Å². The van der Waals surface area contributed by atoms with Crippen molar-refractivity contribution in [2.45, 2.75) is 13.8 Å². The molecule has 2 aromatic heterocycles. The molecule has 96 valence electrons. The zero-order valence-electron chi connectivity index (χ0n) is 10.6. The highest BCUT2D eigenvalue weighted by molar-refractivity contribution is 9.10. The van der Waals surface area contributed by atoms with Crippen LogP contribution in [0.25, 0.3) is 17.0 Å². The molecule has 0 aliphatic rings. The summed E-state index contributed by atoms with van der Waals surface area (Å²) in [5, 5.41) is 8.43. The molecule has 0 atom stereocenters. The van der Waals surface area contributed by atoms with E-state index in [0.717, 1.165) is 27.2 Å². The van der Waals surface area contributed by atoms with Gasteiger partial charge >= 0.3 is 0 Å². The number of nitrogens with zero attached hydrogens (tertiary/aromatic N) is 4. The number of hydrogen-bond acceptors (Lipinski definition) is 4. The van der Waals surface area contributed by atoms with E-state index in [0.29, 0.717) is 11.5 Å². The summed E-state index contributed by atoms with van der Waals surface area (Å²) in [6.45, 7) is 3.87. The van der Waals surface area contributed by atoms with Crippen LogP contribution in [-0.2, 0) is 0 Å². The first-order valence-electron chi connectivity index (χ1n) is 5.81. The van der Waals surface area contributed by atoms with Crippen molar-refractivity contribution in [3.63, 3.8) is 0 Å². The van der Waals surface area contributed by atoms with Crippen molar-refractivity contribution in [2.75, 3.05) is 5.73 Å². The molecule has 6 heteroatoms. The van der Waals surface area contributed by atoms with E-state index in [-0.39, 0.29) is 0 Å². The number of benzene rings is 1. The average Bonchev–Trinajstić information content (AvgIpc) is 2.76. The summed E-state index contributed by atoms with van der Waals surface area (Å²) in [5.74, 6) is 1.55. The first-order valence-corrected chi connectivity index (χ1v) is 6.60. The maximum atomic E-state index is 6.03. The van der Waals surface area contributed by atoms with Crippen molar-refractivity contribution in [1.82, 2.24) is 19.6 Å². The van der Waals surface area contributed by atoms with Gasteiger partial charge in [0, 0.05) is 27.5 Å². The van der Waals surface area contributed by atoms with Gasteiger partial charge in [-0.3, -0.25) is 4.40 Å². The molecule has 0 aliphatic heterocycles. The van der Waals surface area contributed by atoms with Gasteiger partial charge in [0.2, 0.25) is 0 Å². The van der Waals surface area contributed by atoms with Crippen LogP contribution in [0.3, 0.4) is 0 Å². The molecule has 0 saturated heterocycles. The number of rotatable bonds is 1. The zero-order valence-corrected chi connectivity index (χ0v) is 12.1. The van der Waals surface area contributed by atoms with Crippen molar-refractivity contribution in [3.05, 3.63) is 40.3 Å². The lowest BCUT2D eigenvalue weighted by Gasteiger charge is -2.07. The van der Waals surface area contributed by atoms with Gasteiger partial charge in [-0.1, -0.05) is 15.9 Å². The molecule has 0 radical (unpaired) electrons. The number of aryl methyl sites for hydroxylation is 2. The van der Waals surface area contributed by atoms with Gasteiger partial charge in [-0.05, 0) is 32.0 Å². The van der Waals surface area contributed by atoms with E-state index in [2.05, 4.69) is 31.1 Å². The van der Waals surface area contributed by atoms with Crippen LogP contribution >= 0.6 is 15.9 Å². The molecule has 0 saturated carbocycles. The number of nitrogen functional groups attached to an aromatic ring is 1. The highest BCUT2D eigenvalue weighted by Gasteiger charge is 2.14. The summed E-state index contributed by atoms with van der Waals surface area (Å²) < 4.78 is 2.86. The summed E-state index contributed by atoms with van der Waals surface area (Å²) in [7, 11) is 0. The van der Waals surface area contributed by atoms with E-state index in [1.165, 1.54) is 0 Å². The standard InChI is InChI=1S/C13H12BrN5/c1-7-5-12-17-18-13(19(12)8(2)16-7)10-6-9(14)3-4-11(10)15/h3-6H,15H2,1-2H3. The first-order chi connectivity index (χ1) is 9.06. The summed E-state index contributed by atoms with van der Waals surface area (Å²) in [6.07, 6.45) is 0. The van der Waals surface area contributed by atoms with Crippen LogP contribution in [0.5, 0.6) is 0 Å². The molecule has 0 spiro atoms. The molecule has 0 bridgehead atoms. The fourth-order valence-electron chi connectivity index (χ4n) is 2.13. The highest BCUT2D eigenvalue weighted by atomic mass is 79.9. The van der Waals surface area contributed by atoms with Gasteiger partial charge in [0.1, 0.15) is 5.82 Å². The van der Waals surface area contributed by atoms with Gasteiger partial charge in [-0.15, -0.1) is 10.2 Å². The molecule has 2 heterocycles. The molecule has 0 fully saturated rings. The Morgan fingerprint density at radius 2 is 1.95 bits per heavy atom. The van der Waals surface area contributed by atoms with E-state index < -0.39 is 0 Å². The number of aromatic nitrogens is 4. The second kappa shape index (κ2) is 4.31. The Labute approximate surface area is 118 Å². The molecule has 3 aromatic rings. The van der Waals surface area contributed by atoms with Crippen LogP contribution in [-0.4, -0.2) is 19.6 Å². The molecule has 2 N–H and O–H groups in total. The minimum atomic E-state index is 0.664. The maximum absolute atomic E-state index is 6.03. The van der Waals surface area contributed by atoms with E-state index >= 15 is 0 Å². The van der Waals surface area contributed by atoms with Crippen molar-refractivity contribution < 1.29 is 0 Å². The van der Waals surface area contributed by atoms with Crippen LogP contribution < -0.4 is 5.73 Å². The van der Waals surface area contributed by atoms with Gasteiger partial charge < -0.3 is 5.73 Å². The van der Waals surface area contributed by atoms with Gasteiger partial charge in [-0.2, -0.15) is 0 Å². The van der Waals surface area contributed by atoms with Gasteiger partial charge in [0.15, 0.2) is 11.5 Å². The molecule has 0 aliphatic carbocycles. The molecule has 19 heavy (non-hydrogen) atoms. The molecule has 0 unspecified atom stereocenters. The second-order valence-electron chi connectivity index (χ2n) is 4.39. The van der Waals surface area contributed by atoms with Crippen LogP contribution in [0, 0.1) is 13.8 Å². The summed E-state index contributed by atoms with van der Waals surface area (Å²) in [6, 6.07) is 7.58. The SMILES string of the molecule is Cc1cc2nnc(-c3cc(Br)ccc3N)n2c(C)n1. The summed E-state index contributed by atoms with van der Waals surface area (Å²) in [5.41, 5.74) is 9.24. The lowest BCUT2D eigenvalue weighted by atomic mass is 10.1. The van der Waals surface area contributed by atoms with E-state index in [1.807, 2.05) is 42.5 Å². The van der Waals surface area contributed by atoms with E-state index in [9.17, 15) is 0 Å². The smallest absolute Gasteiger partial charge is 0.171 e. The Kier molecular flexibility index (Phi) is 2.74. The molecule has 5 nitrogen and oxygen atoms in total. The minimum Gasteiger partial charge on any atom is -0.398 e. The van der Waals surface area contributed by atoms with Crippen molar-refractivity contribution in [2.24, 2.45) is 0 Å². The third-order valence-electron chi connectivity index (χ3n) is 2.94. The van der Waals surface area contributed by atoms with Crippen molar-refractivity contribution in [3.8, 4) is 11.4 Å². The average molecular weight is 318 g/mol. The topological polar surface area (TPSA) is 69.1 Å². The number of nitrogens with two attached hydrogens (primary N) is 1. The third-order valence-corrected chi connectivity index (χ3v) is 3.44. The number of anilines is 1. The number of halogens is 1. The third kappa shape index (κ3) is 1.98. The van der Waals surface area contributed by atoms with Crippen molar-refractivity contribution in [1.29, 1.82) is 0 Å². The predicted molar refractivity (Wildman–Crippen MR) is 77.8 cm³/mol. The van der Waals surface area contributed by atoms with Crippen LogP contribution in [0.1, 0.15) is 11.5 Å². The van der Waals surface area contributed by atoms with E-state index in [4.69, 9.17) is 5.73 Å². The van der Waals surface area contributed by atoms with Gasteiger partial charge in [0.05, 0.1) is 0 Å². The largest absolute Gasteiger partial charge is 0.398 e. The van der Waals surface area contributed by atoms with Crippen LogP contribution in [0.15, 0.2) is 28.7 Å². The maximum Gasteiger partial charge on any atom is 0.171 e. The zero-order chi connectivity index (χ0) is 13.6. The van der Waals surface area contributed by atoms with Gasteiger partial charge in [0.25, 0.3) is 0 Å². The Bertz CT molecular complexity index is 778. The Hall–Kier alpha value is -1.95. The predicted octanol–water partition coefficient (Wildman–Crippen LogP) is 2.75. The Morgan fingerprint density at radius 1 is 1.16 bits per heavy atom. The molecular weight excluding hydrogens is 306 g/mol. The number of fused-ring (bicyclic) bond motifs is 1. The normalized spacial score (nSPS) is 11.1. The Morgan fingerprint density at radius 3 is 2.74 bits per heavy atom. The molecule has 1 aromatic carbocycles.